The fourth-order valence-corrected chi connectivity index (χ4v) is 4.56. The minimum Gasteiger partial charge on any atom is -0.461 e. The first-order valence-corrected chi connectivity index (χ1v) is 11.1. The van der Waals surface area contributed by atoms with E-state index in [1.54, 1.807) is 6.08 Å². The number of hydrogen-bond donors (Lipinski definition) is 0. The highest BCUT2D eigenvalue weighted by molar-refractivity contribution is 7.93. The first kappa shape index (κ1) is 22.2. The normalized spacial score (nSPS) is 21.2. The molecule has 2 rings (SSSR count). The number of nitrogens with zero attached hydrogens (tertiary/aromatic N) is 1. The third-order valence-corrected chi connectivity index (χ3v) is 6.79. The second-order valence-corrected chi connectivity index (χ2v) is 8.95. The molecule has 1 fully saturated rings. The van der Waals surface area contributed by atoms with Gasteiger partial charge in [0.25, 0.3) is 0 Å². The zero-order chi connectivity index (χ0) is 20.6. The summed E-state index contributed by atoms with van der Waals surface area (Å²) in [5.74, 6) is 1.26. The van der Waals surface area contributed by atoms with Crippen molar-refractivity contribution in [1.82, 2.24) is 4.31 Å². The van der Waals surface area contributed by atoms with Crippen LogP contribution in [0.5, 0.6) is 0 Å². The molecule has 1 saturated heterocycles. The molecule has 0 spiro atoms. The Balaban J connectivity index is 1.95. The Bertz CT molecular complexity index is 794. The van der Waals surface area contributed by atoms with Gasteiger partial charge in [-0.05, 0) is 56.3 Å². The van der Waals surface area contributed by atoms with E-state index in [9.17, 15) is 8.42 Å². The molecule has 6 heteroatoms. The first-order chi connectivity index (χ1) is 13.4. The van der Waals surface area contributed by atoms with E-state index in [0.717, 1.165) is 12.8 Å². The van der Waals surface area contributed by atoms with Gasteiger partial charge in [-0.3, -0.25) is 0 Å². The standard InChI is InChI=1S/C22H31NO4S/c1-5-7-18(3)8-10-20(6-2)21-12-14-23(15-13-21)28(24,25)19(4)9-11-22-16-26-17-27-22/h5-11,16,18,21H,4,12-15,17H2,1-3H3/b7-5+,10-8-,11-9-,20-6+. The summed E-state index contributed by atoms with van der Waals surface area (Å²) in [6.07, 6.45) is 16.8. The van der Waals surface area contributed by atoms with Crippen molar-refractivity contribution in [2.24, 2.45) is 11.8 Å². The van der Waals surface area contributed by atoms with E-state index >= 15 is 0 Å². The summed E-state index contributed by atoms with van der Waals surface area (Å²) in [6, 6.07) is 0. The van der Waals surface area contributed by atoms with Crippen molar-refractivity contribution in [3.63, 3.8) is 0 Å². The quantitative estimate of drug-likeness (QED) is 0.435. The Morgan fingerprint density at radius 3 is 2.54 bits per heavy atom. The molecule has 2 aliphatic heterocycles. The Labute approximate surface area is 169 Å². The molecule has 0 aromatic heterocycles. The summed E-state index contributed by atoms with van der Waals surface area (Å²) in [7, 11) is -3.56. The van der Waals surface area contributed by atoms with Crippen LogP contribution in [-0.4, -0.2) is 32.6 Å². The average molecular weight is 406 g/mol. The minimum absolute atomic E-state index is 0.0636. The molecule has 0 radical (unpaired) electrons. The van der Waals surface area contributed by atoms with Crippen LogP contribution in [0.4, 0.5) is 0 Å². The van der Waals surface area contributed by atoms with Gasteiger partial charge in [-0.2, -0.15) is 4.31 Å². The van der Waals surface area contributed by atoms with Crippen LogP contribution < -0.4 is 0 Å². The van der Waals surface area contributed by atoms with Crippen LogP contribution in [0.15, 0.2) is 71.6 Å². The lowest BCUT2D eigenvalue weighted by Gasteiger charge is -2.32. The number of allylic oxidation sites excluding steroid dienone is 8. The van der Waals surface area contributed by atoms with E-state index in [4.69, 9.17) is 9.47 Å². The number of piperidine rings is 1. The first-order valence-electron chi connectivity index (χ1n) is 9.67. The monoisotopic (exact) mass is 405 g/mol. The van der Waals surface area contributed by atoms with Crippen molar-refractivity contribution >= 4 is 10.0 Å². The number of ether oxygens (including phenoxy) is 2. The van der Waals surface area contributed by atoms with Gasteiger partial charge in [0.1, 0.15) is 6.26 Å². The minimum atomic E-state index is -3.56. The van der Waals surface area contributed by atoms with Crippen LogP contribution in [0.25, 0.3) is 0 Å². The molecule has 5 nitrogen and oxygen atoms in total. The van der Waals surface area contributed by atoms with Gasteiger partial charge < -0.3 is 9.47 Å². The lowest BCUT2D eigenvalue weighted by atomic mass is 9.89. The van der Waals surface area contributed by atoms with Crippen molar-refractivity contribution in [2.75, 3.05) is 19.9 Å². The molecule has 2 heterocycles. The zero-order valence-corrected chi connectivity index (χ0v) is 17.8. The predicted octanol–water partition coefficient (Wildman–Crippen LogP) is 4.66. The lowest BCUT2D eigenvalue weighted by Crippen LogP contribution is -2.39. The molecule has 0 aliphatic carbocycles. The van der Waals surface area contributed by atoms with Crippen LogP contribution >= 0.6 is 0 Å². The lowest BCUT2D eigenvalue weighted by molar-refractivity contribution is 0.0844. The van der Waals surface area contributed by atoms with Crippen molar-refractivity contribution in [2.45, 2.75) is 33.6 Å². The van der Waals surface area contributed by atoms with Gasteiger partial charge in [-0.15, -0.1) is 0 Å². The van der Waals surface area contributed by atoms with Crippen molar-refractivity contribution < 1.29 is 17.9 Å². The fourth-order valence-electron chi connectivity index (χ4n) is 3.29. The van der Waals surface area contributed by atoms with E-state index in [0.29, 0.717) is 30.7 Å². The van der Waals surface area contributed by atoms with Crippen molar-refractivity contribution in [3.05, 3.63) is 71.6 Å². The van der Waals surface area contributed by atoms with Gasteiger partial charge in [0.2, 0.25) is 16.8 Å². The van der Waals surface area contributed by atoms with Crippen LogP contribution in [0.3, 0.4) is 0 Å². The third-order valence-electron chi connectivity index (χ3n) is 4.94. The molecule has 0 aromatic carbocycles. The molecule has 0 amide bonds. The van der Waals surface area contributed by atoms with Crippen LogP contribution in [0.2, 0.25) is 0 Å². The molecule has 1 atom stereocenters. The van der Waals surface area contributed by atoms with E-state index < -0.39 is 10.0 Å². The molecular formula is C22H31NO4S. The topological polar surface area (TPSA) is 55.8 Å². The van der Waals surface area contributed by atoms with Crippen molar-refractivity contribution in [1.29, 1.82) is 0 Å². The van der Waals surface area contributed by atoms with E-state index in [1.165, 1.54) is 22.2 Å². The molecule has 154 valence electrons. The summed E-state index contributed by atoms with van der Waals surface area (Å²) >= 11 is 0. The van der Waals surface area contributed by atoms with Crippen LogP contribution in [0.1, 0.15) is 33.6 Å². The molecule has 0 aromatic rings. The molecule has 28 heavy (non-hydrogen) atoms. The van der Waals surface area contributed by atoms with E-state index in [1.807, 2.05) is 13.8 Å². The van der Waals surface area contributed by atoms with E-state index in [-0.39, 0.29) is 11.7 Å². The van der Waals surface area contributed by atoms with Crippen molar-refractivity contribution in [3.8, 4) is 0 Å². The predicted molar refractivity (Wildman–Crippen MR) is 113 cm³/mol. The highest BCUT2D eigenvalue weighted by Crippen LogP contribution is 2.29. The zero-order valence-electron chi connectivity index (χ0n) is 17.0. The van der Waals surface area contributed by atoms with Gasteiger partial charge >= 0.3 is 0 Å². The highest BCUT2D eigenvalue weighted by Gasteiger charge is 2.30. The molecule has 0 saturated carbocycles. The van der Waals surface area contributed by atoms with Gasteiger partial charge in [-0.1, -0.05) is 43.9 Å². The summed E-state index contributed by atoms with van der Waals surface area (Å²) in [5, 5.41) is 0. The number of sulfonamides is 1. The Morgan fingerprint density at radius 1 is 1.25 bits per heavy atom. The maximum atomic E-state index is 12.8. The van der Waals surface area contributed by atoms with Gasteiger partial charge in [0, 0.05) is 13.1 Å². The third kappa shape index (κ3) is 5.97. The molecule has 2 aliphatic rings. The van der Waals surface area contributed by atoms with E-state index in [2.05, 4.69) is 43.9 Å². The molecule has 1 unspecified atom stereocenters. The van der Waals surface area contributed by atoms with Gasteiger partial charge in [0.15, 0.2) is 5.76 Å². The largest absolute Gasteiger partial charge is 0.461 e. The van der Waals surface area contributed by atoms with Crippen LogP contribution in [-0.2, 0) is 19.5 Å². The smallest absolute Gasteiger partial charge is 0.242 e. The summed E-state index contributed by atoms with van der Waals surface area (Å²) in [5.41, 5.74) is 1.28. The Morgan fingerprint density at radius 2 is 1.96 bits per heavy atom. The SMILES string of the molecule is C=C(/C=C\C1=COCO1)S(=O)(=O)N1CCC(C(/C=C\C(C)/C=C/C)=C/C)CC1. The Hall–Kier alpha value is -2.05. The summed E-state index contributed by atoms with van der Waals surface area (Å²) < 4.78 is 37.2. The fraction of sp³-hybridized carbons (Fsp3) is 0.455. The van der Waals surface area contributed by atoms with Gasteiger partial charge in [-0.25, -0.2) is 8.42 Å². The molecule has 0 bridgehead atoms. The summed E-state index contributed by atoms with van der Waals surface area (Å²) in [4.78, 5) is 0.0636. The maximum absolute atomic E-state index is 12.8. The molecule has 0 N–H and O–H groups in total. The average Bonchev–Trinajstić information content (AvgIpc) is 3.20. The second kappa shape index (κ2) is 10.5. The summed E-state index contributed by atoms with van der Waals surface area (Å²) in [6.45, 7) is 11.1. The second-order valence-electron chi connectivity index (χ2n) is 6.96. The van der Waals surface area contributed by atoms with Crippen LogP contribution in [0, 0.1) is 11.8 Å². The van der Waals surface area contributed by atoms with Gasteiger partial charge in [0.05, 0.1) is 4.91 Å². The number of rotatable bonds is 8. The number of hydrogen-bond acceptors (Lipinski definition) is 4. The highest BCUT2D eigenvalue weighted by atomic mass is 32.2. The Kier molecular flexibility index (Phi) is 8.33. The molecular weight excluding hydrogens is 374 g/mol. The maximum Gasteiger partial charge on any atom is 0.242 e.